The van der Waals surface area contributed by atoms with E-state index in [1.165, 1.54) is 11.8 Å². The van der Waals surface area contributed by atoms with Gasteiger partial charge in [0.2, 0.25) is 0 Å². The molecule has 0 saturated heterocycles. The molecule has 0 aliphatic carbocycles. The third-order valence-corrected chi connectivity index (χ3v) is 6.15. The van der Waals surface area contributed by atoms with Gasteiger partial charge in [-0.15, -0.1) is 0 Å². The van der Waals surface area contributed by atoms with Gasteiger partial charge in [-0.05, 0) is 29.3 Å². The Kier molecular flexibility index (Phi) is 5.49. The normalized spacial score (nSPS) is 16.0. The van der Waals surface area contributed by atoms with Crippen molar-refractivity contribution in [1.29, 1.82) is 0 Å². The third kappa shape index (κ3) is 4.22. The highest BCUT2D eigenvalue weighted by Gasteiger charge is 2.33. The molecule has 0 radical (unpaired) electrons. The van der Waals surface area contributed by atoms with E-state index in [9.17, 15) is 4.79 Å². The summed E-state index contributed by atoms with van der Waals surface area (Å²) in [4.78, 5) is 17.6. The number of hydrazone groups is 1. The number of rotatable bonds is 5. The summed E-state index contributed by atoms with van der Waals surface area (Å²) < 4.78 is 5.72. The van der Waals surface area contributed by atoms with E-state index >= 15 is 0 Å². The number of aromatic nitrogens is 1. The lowest BCUT2D eigenvalue weighted by molar-refractivity contribution is -0.130. The molecule has 2 heterocycles. The first-order valence-electron chi connectivity index (χ1n) is 9.86. The number of carbonyl (C=O) groups is 1. The van der Waals surface area contributed by atoms with E-state index in [-0.39, 0.29) is 17.7 Å². The van der Waals surface area contributed by atoms with E-state index in [4.69, 9.17) is 21.1 Å². The van der Waals surface area contributed by atoms with Crippen LogP contribution in [0.15, 0.2) is 93.6 Å². The molecule has 5 rings (SSSR count). The SMILES string of the molecule is O=C(CSc1nc2cc(Cl)ccc2o1)N1N=C(c2ccccc2)C[C@H]1c1ccccc1. The zero-order valence-electron chi connectivity index (χ0n) is 16.4. The predicted octanol–water partition coefficient (Wildman–Crippen LogP) is 5.95. The zero-order valence-corrected chi connectivity index (χ0v) is 18.0. The van der Waals surface area contributed by atoms with E-state index in [1.807, 2.05) is 60.7 Å². The number of fused-ring (bicyclic) bond motifs is 1. The Balaban J connectivity index is 1.37. The second-order valence-corrected chi connectivity index (χ2v) is 8.53. The van der Waals surface area contributed by atoms with E-state index in [0.29, 0.717) is 27.8 Å². The highest BCUT2D eigenvalue weighted by atomic mass is 35.5. The van der Waals surface area contributed by atoms with Gasteiger partial charge in [-0.1, -0.05) is 84.0 Å². The van der Waals surface area contributed by atoms with Crippen molar-refractivity contribution in [3.05, 3.63) is 95.0 Å². The molecule has 7 heteroatoms. The van der Waals surface area contributed by atoms with Crippen LogP contribution < -0.4 is 0 Å². The van der Waals surface area contributed by atoms with Gasteiger partial charge in [0.15, 0.2) is 5.58 Å². The van der Waals surface area contributed by atoms with Gasteiger partial charge >= 0.3 is 0 Å². The van der Waals surface area contributed by atoms with Crippen molar-refractivity contribution in [3.63, 3.8) is 0 Å². The predicted molar refractivity (Wildman–Crippen MR) is 123 cm³/mol. The molecule has 31 heavy (non-hydrogen) atoms. The summed E-state index contributed by atoms with van der Waals surface area (Å²) in [6.07, 6.45) is 0.672. The van der Waals surface area contributed by atoms with Gasteiger partial charge in [-0.3, -0.25) is 4.79 Å². The molecule has 4 aromatic rings. The molecule has 5 nitrogen and oxygen atoms in total. The van der Waals surface area contributed by atoms with Gasteiger partial charge in [-0.25, -0.2) is 9.99 Å². The van der Waals surface area contributed by atoms with Crippen molar-refractivity contribution in [2.45, 2.75) is 17.7 Å². The smallest absolute Gasteiger partial charge is 0.257 e. The monoisotopic (exact) mass is 447 g/mol. The highest BCUT2D eigenvalue weighted by Crippen LogP contribution is 2.34. The summed E-state index contributed by atoms with van der Waals surface area (Å²) in [7, 11) is 0. The summed E-state index contributed by atoms with van der Waals surface area (Å²) in [6, 6.07) is 25.1. The van der Waals surface area contributed by atoms with Crippen LogP contribution in [0.3, 0.4) is 0 Å². The van der Waals surface area contributed by atoms with Crippen molar-refractivity contribution >= 4 is 46.1 Å². The molecule has 1 aromatic heterocycles. The van der Waals surface area contributed by atoms with Crippen LogP contribution in [0, 0.1) is 0 Å². The number of thioether (sulfide) groups is 1. The lowest BCUT2D eigenvalue weighted by atomic mass is 9.98. The summed E-state index contributed by atoms with van der Waals surface area (Å²) in [6.45, 7) is 0. The van der Waals surface area contributed by atoms with Gasteiger partial charge in [0.05, 0.1) is 17.5 Å². The summed E-state index contributed by atoms with van der Waals surface area (Å²) in [5, 5.41) is 7.34. The second kappa shape index (κ2) is 8.57. The fourth-order valence-corrected chi connectivity index (χ4v) is 4.47. The fourth-order valence-electron chi connectivity index (χ4n) is 3.61. The first kappa shape index (κ1) is 19.8. The molecule has 0 unspecified atom stereocenters. The number of hydrogen-bond acceptors (Lipinski definition) is 5. The van der Waals surface area contributed by atoms with Crippen LogP contribution in [-0.2, 0) is 4.79 Å². The Morgan fingerprint density at radius 1 is 1.06 bits per heavy atom. The number of carbonyl (C=O) groups excluding carboxylic acids is 1. The summed E-state index contributed by atoms with van der Waals surface area (Å²) in [5.41, 5.74) is 4.32. The lowest BCUT2D eigenvalue weighted by Gasteiger charge is -2.21. The summed E-state index contributed by atoms with van der Waals surface area (Å²) in [5.74, 6) is 0.0835. The lowest BCUT2D eigenvalue weighted by Crippen LogP contribution is -2.28. The first-order valence-corrected chi connectivity index (χ1v) is 11.2. The molecule has 1 aliphatic rings. The van der Waals surface area contributed by atoms with Crippen molar-refractivity contribution in [3.8, 4) is 0 Å². The maximum absolute atomic E-state index is 13.2. The van der Waals surface area contributed by atoms with Crippen molar-refractivity contribution in [2.24, 2.45) is 5.10 Å². The molecule has 1 amide bonds. The molecule has 1 atom stereocenters. The number of oxazole rings is 1. The maximum atomic E-state index is 13.2. The Hall–Kier alpha value is -3.09. The molecule has 154 valence electrons. The minimum atomic E-state index is -0.132. The number of benzene rings is 3. The largest absolute Gasteiger partial charge is 0.431 e. The Bertz CT molecular complexity index is 1260. The van der Waals surface area contributed by atoms with E-state index < -0.39 is 0 Å². The topological polar surface area (TPSA) is 58.7 Å². The van der Waals surface area contributed by atoms with Crippen LogP contribution in [0.25, 0.3) is 11.1 Å². The van der Waals surface area contributed by atoms with Crippen LogP contribution >= 0.6 is 23.4 Å². The maximum Gasteiger partial charge on any atom is 0.257 e. The number of halogens is 1. The van der Waals surface area contributed by atoms with E-state index in [2.05, 4.69) is 4.98 Å². The number of amides is 1. The van der Waals surface area contributed by atoms with Gasteiger partial charge in [0, 0.05) is 11.4 Å². The molecule has 0 saturated carbocycles. The van der Waals surface area contributed by atoms with Gasteiger partial charge in [0.25, 0.3) is 11.1 Å². The van der Waals surface area contributed by atoms with Crippen LogP contribution in [0.1, 0.15) is 23.6 Å². The second-order valence-electron chi connectivity index (χ2n) is 7.16. The number of nitrogens with zero attached hydrogens (tertiary/aromatic N) is 3. The molecule has 0 spiro atoms. The van der Waals surface area contributed by atoms with Crippen LogP contribution in [0.4, 0.5) is 0 Å². The molecule has 3 aromatic carbocycles. The molecule has 0 N–H and O–H groups in total. The quantitative estimate of drug-likeness (QED) is 0.354. The van der Waals surface area contributed by atoms with Crippen molar-refractivity contribution in [2.75, 3.05) is 5.75 Å². The van der Waals surface area contributed by atoms with Crippen LogP contribution in [0.5, 0.6) is 0 Å². The number of hydrogen-bond donors (Lipinski definition) is 0. The van der Waals surface area contributed by atoms with E-state index in [1.54, 1.807) is 23.2 Å². The van der Waals surface area contributed by atoms with Crippen molar-refractivity contribution < 1.29 is 9.21 Å². The third-order valence-electron chi connectivity index (χ3n) is 5.11. The van der Waals surface area contributed by atoms with E-state index in [0.717, 1.165) is 16.8 Å². The minimum absolute atomic E-state index is 0.0925. The Labute approximate surface area is 188 Å². The molecule has 0 bridgehead atoms. The zero-order chi connectivity index (χ0) is 21.2. The average Bonchev–Trinajstić information content (AvgIpc) is 3.43. The molecular formula is C24H18ClN3O2S. The van der Waals surface area contributed by atoms with Crippen LogP contribution in [0.2, 0.25) is 5.02 Å². The average molecular weight is 448 g/mol. The van der Waals surface area contributed by atoms with Crippen LogP contribution in [-0.4, -0.2) is 27.4 Å². The fraction of sp³-hybridized carbons (Fsp3) is 0.125. The van der Waals surface area contributed by atoms with Gasteiger partial charge in [0.1, 0.15) is 5.52 Å². The Morgan fingerprint density at radius 3 is 2.58 bits per heavy atom. The Morgan fingerprint density at radius 2 is 1.81 bits per heavy atom. The van der Waals surface area contributed by atoms with Gasteiger partial charge in [-0.2, -0.15) is 5.10 Å². The molecular weight excluding hydrogens is 430 g/mol. The molecule has 0 fully saturated rings. The summed E-state index contributed by atoms with van der Waals surface area (Å²) >= 11 is 7.28. The van der Waals surface area contributed by atoms with Gasteiger partial charge < -0.3 is 4.42 Å². The first-order chi connectivity index (χ1) is 15.2. The standard InChI is InChI=1S/C24H18ClN3O2S/c25-18-11-12-22-20(13-18)26-24(30-22)31-15-23(29)28-21(17-9-5-2-6-10-17)14-19(27-28)16-7-3-1-4-8-16/h1-13,21H,14-15H2/t21-/m0/s1. The van der Waals surface area contributed by atoms with Crippen molar-refractivity contribution in [1.82, 2.24) is 9.99 Å². The highest BCUT2D eigenvalue weighted by molar-refractivity contribution is 7.99. The minimum Gasteiger partial charge on any atom is -0.431 e. The molecule has 1 aliphatic heterocycles.